The van der Waals surface area contributed by atoms with Gasteiger partial charge in [0.25, 0.3) is 5.69 Å². The van der Waals surface area contributed by atoms with Crippen molar-refractivity contribution in [2.75, 3.05) is 6.61 Å². The Labute approximate surface area is 190 Å². The van der Waals surface area contributed by atoms with Crippen molar-refractivity contribution in [3.63, 3.8) is 0 Å². The molecular formula is C21H21CuN3O6. The average molecular weight is 475 g/mol. The van der Waals surface area contributed by atoms with Crippen LogP contribution in [0.1, 0.15) is 31.9 Å². The number of carboxylic acids is 1. The number of carbonyl (C=O) groups is 1. The van der Waals surface area contributed by atoms with Crippen molar-refractivity contribution in [2.45, 2.75) is 26.8 Å². The van der Waals surface area contributed by atoms with E-state index in [2.05, 4.69) is 23.8 Å². The average Bonchev–Trinajstić information content (AvgIpc) is 3.17. The van der Waals surface area contributed by atoms with E-state index < -0.39 is 10.9 Å². The summed E-state index contributed by atoms with van der Waals surface area (Å²) in [5, 5.41) is 31.7. The van der Waals surface area contributed by atoms with Crippen molar-refractivity contribution < 1.29 is 41.7 Å². The molecule has 0 aliphatic carbocycles. The molecule has 0 unspecified atom stereocenters. The largest absolute Gasteiger partial charge is 2.00 e. The molecule has 10 heteroatoms. The van der Waals surface area contributed by atoms with Crippen LogP contribution in [0.25, 0.3) is 0 Å². The molecule has 167 valence electrons. The molecule has 1 heterocycles. The van der Waals surface area contributed by atoms with E-state index in [9.17, 15) is 15.2 Å². The molecule has 0 bridgehead atoms. The molecule has 1 radical (unpaired) electrons. The number of hydrogen-bond acceptors (Lipinski definition) is 8. The standard InChI is InChI=1S/C19H19N3O4.C2H4O2.Cu/c1-12(2)17-11-26-19(21-17)15-5-3-4-6-16(15)20-10-13-9-14(22(24)25)7-8-18(13)23;1-2(3)4;/h3-10,12,17,23H,11H2,1-2H3;1H3,(H,3,4);/q;;+2/p-2/t17-;;/m1../s1. The van der Waals surface area contributed by atoms with Crippen LogP contribution in [0.5, 0.6) is 5.75 Å². The Kier molecular flexibility index (Phi) is 9.85. The Morgan fingerprint density at radius 1 is 1.29 bits per heavy atom. The monoisotopic (exact) mass is 474 g/mol. The third-order valence-electron chi connectivity index (χ3n) is 4.12. The summed E-state index contributed by atoms with van der Waals surface area (Å²) in [6.45, 7) is 5.67. The zero-order chi connectivity index (χ0) is 22.3. The molecule has 0 amide bonds. The number of ether oxygens (including phenoxy) is 1. The number of carboxylic acid groups (broad SMARTS) is 1. The minimum absolute atomic E-state index is 0. The fourth-order valence-corrected chi connectivity index (χ4v) is 2.53. The van der Waals surface area contributed by atoms with Gasteiger partial charge in [0.2, 0.25) is 5.90 Å². The molecule has 0 fully saturated rings. The second-order valence-electron chi connectivity index (χ2n) is 6.80. The summed E-state index contributed by atoms with van der Waals surface area (Å²) in [4.78, 5) is 28.2. The van der Waals surface area contributed by atoms with Gasteiger partial charge in [-0.05, 0) is 30.5 Å². The summed E-state index contributed by atoms with van der Waals surface area (Å²) in [5.74, 6) is -0.514. The molecule has 2 aromatic rings. The maximum absolute atomic E-state index is 11.9. The van der Waals surface area contributed by atoms with Gasteiger partial charge in [-0.1, -0.05) is 37.8 Å². The third-order valence-corrected chi connectivity index (χ3v) is 4.12. The molecule has 0 saturated heterocycles. The predicted molar refractivity (Wildman–Crippen MR) is 108 cm³/mol. The first-order valence-corrected chi connectivity index (χ1v) is 9.16. The van der Waals surface area contributed by atoms with Gasteiger partial charge in [-0.3, -0.25) is 15.1 Å². The molecule has 1 aliphatic heterocycles. The molecule has 0 spiro atoms. The van der Waals surface area contributed by atoms with Crippen LogP contribution < -0.4 is 10.2 Å². The Balaban J connectivity index is 0.000000885. The van der Waals surface area contributed by atoms with E-state index in [0.717, 1.165) is 12.5 Å². The van der Waals surface area contributed by atoms with E-state index in [1.807, 2.05) is 18.2 Å². The van der Waals surface area contributed by atoms with Crippen LogP contribution in [0.4, 0.5) is 11.4 Å². The number of aliphatic imine (C=N–C) groups is 2. The molecule has 9 nitrogen and oxygen atoms in total. The maximum atomic E-state index is 11.9. The fraction of sp³-hybridized carbons (Fsp3) is 0.286. The third kappa shape index (κ3) is 7.51. The van der Waals surface area contributed by atoms with Gasteiger partial charge in [0.05, 0.1) is 22.2 Å². The fourth-order valence-electron chi connectivity index (χ4n) is 2.53. The van der Waals surface area contributed by atoms with Crippen LogP contribution in [0.3, 0.4) is 0 Å². The van der Waals surface area contributed by atoms with Crippen LogP contribution in [0, 0.1) is 16.0 Å². The van der Waals surface area contributed by atoms with Crippen molar-refractivity contribution in [2.24, 2.45) is 15.9 Å². The number of nitrogens with zero attached hydrogens (tertiary/aromatic N) is 3. The maximum Gasteiger partial charge on any atom is 2.00 e. The van der Waals surface area contributed by atoms with Gasteiger partial charge in [0, 0.05) is 24.3 Å². The predicted octanol–water partition coefficient (Wildman–Crippen LogP) is 1.97. The van der Waals surface area contributed by atoms with E-state index in [4.69, 9.17) is 14.6 Å². The summed E-state index contributed by atoms with van der Waals surface area (Å²) in [6, 6.07) is 11.0. The number of aliphatic carboxylic acids is 1. The number of non-ortho nitro benzene ring substituents is 1. The second-order valence-corrected chi connectivity index (χ2v) is 6.80. The van der Waals surface area contributed by atoms with Crippen LogP contribution in [0.2, 0.25) is 0 Å². The van der Waals surface area contributed by atoms with E-state index in [-0.39, 0.29) is 40.1 Å². The smallest absolute Gasteiger partial charge is 0.872 e. The zero-order valence-corrected chi connectivity index (χ0v) is 18.0. The normalized spacial score (nSPS) is 14.8. The van der Waals surface area contributed by atoms with E-state index in [0.29, 0.717) is 24.1 Å². The zero-order valence-electron chi connectivity index (χ0n) is 17.1. The van der Waals surface area contributed by atoms with Crippen LogP contribution >= 0.6 is 0 Å². The Bertz CT molecular complexity index is 987. The van der Waals surface area contributed by atoms with Crippen LogP contribution in [0.15, 0.2) is 52.4 Å². The number of nitro groups is 1. The molecule has 1 aliphatic rings. The number of benzene rings is 2. The first-order chi connectivity index (χ1) is 14.2. The molecule has 0 saturated carbocycles. The van der Waals surface area contributed by atoms with Crippen molar-refractivity contribution >= 4 is 29.5 Å². The molecular weight excluding hydrogens is 454 g/mol. The molecule has 31 heavy (non-hydrogen) atoms. The van der Waals surface area contributed by atoms with Gasteiger partial charge in [-0.15, -0.1) is 0 Å². The number of hydrogen-bond donors (Lipinski definition) is 0. The van der Waals surface area contributed by atoms with Crippen molar-refractivity contribution in [3.8, 4) is 5.75 Å². The molecule has 0 aromatic heterocycles. The summed E-state index contributed by atoms with van der Waals surface area (Å²) < 4.78 is 5.71. The first kappa shape index (κ1) is 25.8. The molecule has 0 N–H and O–H groups in total. The van der Waals surface area contributed by atoms with Crippen molar-refractivity contribution in [1.29, 1.82) is 0 Å². The topological polar surface area (TPSA) is 140 Å². The number of rotatable bonds is 5. The van der Waals surface area contributed by atoms with Gasteiger partial charge in [-0.2, -0.15) is 0 Å². The van der Waals surface area contributed by atoms with Gasteiger partial charge in [0.1, 0.15) is 6.61 Å². The van der Waals surface area contributed by atoms with Gasteiger partial charge in [0.15, 0.2) is 0 Å². The van der Waals surface area contributed by atoms with Gasteiger partial charge in [-0.25, -0.2) is 4.99 Å². The Morgan fingerprint density at radius 3 is 2.52 bits per heavy atom. The number of para-hydroxylation sites is 1. The van der Waals surface area contributed by atoms with Crippen molar-refractivity contribution in [1.82, 2.24) is 0 Å². The Morgan fingerprint density at radius 2 is 1.94 bits per heavy atom. The summed E-state index contributed by atoms with van der Waals surface area (Å²) in [5.41, 5.74) is 1.32. The van der Waals surface area contributed by atoms with Crippen molar-refractivity contribution in [3.05, 3.63) is 63.7 Å². The van der Waals surface area contributed by atoms with E-state index >= 15 is 0 Å². The van der Waals surface area contributed by atoms with Crippen LogP contribution in [-0.2, 0) is 26.6 Å². The number of nitro benzene ring substituents is 1. The SMILES string of the molecule is CC(=O)[O-].CC(C)[C@H]1COC(c2ccccc2N=Cc2cc([N+](=O)[O-])ccc2[O-])=N1.[Cu+2]. The molecule has 2 aromatic carbocycles. The Hall–Kier alpha value is -3.23. The molecule has 1 atom stereocenters. The minimum atomic E-state index is -1.08. The van der Waals surface area contributed by atoms with Gasteiger partial charge >= 0.3 is 17.1 Å². The summed E-state index contributed by atoms with van der Waals surface area (Å²) >= 11 is 0. The first-order valence-electron chi connectivity index (χ1n) is 9.16. The minimum Gasteiger partial charge on any atom is -0.872 e. The summed E-state index contributed by atoms with van der Waals surface area (Å²) in [7, 11) is 0. The van der Waals surface area contributed by atoms with Gasteiger partial charge < -0.3 is 19.7 Å². The number of carbonyl (C=O) groups excluding carboxylic acids is 1. The molecule has 3 rings (SSSR count). The quantitative estimate of drug-likeness (QED) is 0.281. The van der Waals surface area contributed by atoms with E-state index in [1.165, 1.54) is 24.4 Å². The summed E-state index contributed by atoms with van der Waals surface area (Å²) in [6.07, 6.45) is 1.34. The second kappa shape index (κ2) is 11.8. The van der Waals surface area contributed by atoms with E-state index in [1.54, 1.807) is 6.07 Å². The van der Waals surface area contributed by atoms with Crippen LogP contribution in [-0.4, -0.2) is 35.7 Å².